The zero-order chi connectivity index (χ0) is 17.2. The van der Waals surface area contributed by atoms with Crippen LogP contribution in [0.2, 0.25) is 0 Å². The second-order valence-electron chi connectivity index (χ2n) is 5.46. The van der Waals surface area contributed by atoms with Gasteiger partial charge in [0.25, 0.3) is 0 Å². The Bertz CT molecular complexity index is 707. The summed E-state index contributed by atoms with van der Waals surface area (Å²) < 4.78 is 37.9. The first-order valence-electron chi connectivity index (χ1n) is 6.87. The predicted molar refractivity (Wildman–Crippen MR) is 81.2 cm³/mol. The number of nitrogens with zero attached hydrogens (tertiary/aromatic N) is 1. The van der Waals surface area contributed by atoms with Crippen LogP contribution in [-0.2, 0) is 12.7 Å². The van der Waals surface area contributed by atoms with E-state index < -0.39 is 17.7 Å². The summed E-state index contributed by atoms with van der Waals surface area (Å²) in [5.41, 5.74) is 0.810. The van der Waals surface area contributed by atoms with Gasteiger partial charge in [0, 0.05) is 6.54 Å². The molecule has 0 radical (unpaired) electrons. The summed E-state index contributed by atoms with van der Waals surface area (Å²) in [5, 5.41) is 9.51. The molecule has 0 amide bonds. The van der Waals surface area contributed by atoms with Crippen LogP contribution in [0.4, 0.5) is 13.2 Å². The quantitative estimate of drug-likeness (QED) is 0.919. The first kappa shape index (κ1) is 17.0. The van der Waals surface area contributed by atoms with Crippen LogP contribution in [0.25, 0.3) is 11.1 Å². The van der Waals surface area contributed by atoms with Crippen molar-refractivity contribution in [2.45, 2.75) is 12.7 Å². The molecule has 0 fully saturated rings. The van der Waals surface area contributed by atoms with E-state index in [-0.39, 0.29) is 5.56 Å². The number of carbonyl (C=O) groups is 1. The average Bonchev–Trinajstić information content (AvgIpc) is 2.45. The molecule has 0 aliphatic carbocycles. The molecule has 2 rings (SSSR count). The number of benzene rings is 2. The minimum Gasteiger partial charge on any atom is -0.478 e. The topological polar surface area (TPSA) is 40.5 Å². The molecule has 0 spiro atoms. The van der Waals surface area contributed by atoms with Gasteiger partial charge in [0.15, 0.2) is 0 Å². The molecule has 0 bridgehead atoms. The van der Waals surface area contributed by atoms with Gasteiger partial charge in [0.2, 0.25) is 0 Å². The van der Waals surface area contributed by atoms with Gasteiger partial charge in [-0.25, -0.2) is 4.79 Å². The maximum absolute atomic E-state index is 12.6. The molecule has 0 saturated carbocycles. The number of carboxylic acid groups (broad SMARTS) is 1. The Balaban J connectivity index is 2.52. The first-order valence-corrected chi connectivity index (χ1v) is 6.87. The van der Waals surface area contributed by atoms with Gasteiger partial charge in [-0.2, -0.15) is 13.2 Å². The van der Waals surface area contributed by atoms with E-state index in [0.29, 0.717) is 23.2 Å². The summed E-state index contributed by atoms with van der Waals surface area (Å²) >= 11 is 0. The average molecular weight is 323 g/mol. The third-order valence-corrected chi connectivity index (χ3v) is 3.37. The van der Waals surface area contributed by atoms with Gasteiger partial charge in [-0.15, -0.1) is 0 Å². The fourth-order valence-corrected chi connectivity index (χ4v) is 2.40. The van der Waals surface area contributed by atoms with Crippen LogP contribution in [0.1, 0.15) is 21.5 Å². The van der Waals surface area contributed by atoms with Crippen LogP contribution >= 0.6 is 0 Å². The summed E-state index contributed by atoms with van der Waals surface area (Å²) in [7, 11) is 3.63. The number of hydrogen-bond acceptors (Lipinski definition) is 2. The molecule has 2 aromatic carbocycles. The summed E-state index contributed by atoms with van der Waals surface area (Å²) in [6, 6.07) is 9.52. The third-order valence-electron chi connectivity index (χ3n) is 3.37. The number of hydrogen-bond donors (Lipinski definition) is 1. The van der Waals surface area contributed by atoms with Crippen molar-refractivity contribution in [2.24, 2.45) is 0 Å². The molecule has 0 aromatic heterocycles. The van der Waals surface area contributed by atoms with E-state index in [9.17, 15) is 23.1 Å². The van der Waals surface area contributed by atoms with Crippen molar-refractivity contribution in [1.82, 2.24) is 4.90 Å². The minimum atomic E-state index is -4.42. The number of carboxylic acids is 1. The first-order chi connectivity index (χ1) is 10.7. The summed E-state index contributed by atoms with van der Waals surface area (Å²) in [6.07, 6.45) is -4.42. The Morgan fingerprint density at radius 2 is 1.70 bits per heavy atom. The maximum Gasteiger partial charge on any atom is 0.416 e. The summed E-state index contributed by atoms with van der Waals surface area (Å²) in [4.78, 5) is 13.5. The molecule has 23 heavy (non-hydrogen) atoms. The zero-order valence-electron chi connectivity index (χ0n) is 12.7. The fourth-order valence-electron chi connectivity index (χ4n) is 2.40. The monoisotopic (exact) mass is 323 g/mol. The van der Waals surface area contributed by atoms with Crippen LogP contribution < -0.4 is 0 Å². The molecule has 6 heteroatoms. The van der Waals surface area contributed by atoms with Gasteiger partial charge in [-0.1, -0.05) is 30.3 Å². The molecule has 3 nitrogen and oxygen atoms in total. The Kier molecular flexibility index (Phi) is 4.75. The van der Waals surface area contributed by atoms with E-state index in [1.54, 1.807) is 18.2 Å². The molecule has 122 valence electrons. The zero-order valence-corrected chi connectivity index (χ0v) is 12.7. The van der Waals surface area contributed by atoms with Crippen LogP contribution in [0.15, 0.2) is 42.5 Å². The summed E-state index contributed by atoms with van der Waals surface area (Å²) in [6.45, 7) is 0.427. The van der Waals surface area contributed by atoms with Gasteiger partial charge < -0.3 is 10.0 Å². The number of halogens is 3. The molecule has 1 N–H and O–H groups in total. The van der Waals surface area contributed by atoms with E-state index >= 15 is 0 Å². The van der Waals surface area contributed by atoms with Crippen molar-refractivity contribution >= 4 is 5.97 Å². The SMILES string of the molecule is CN(C)Cc1cccc(-c2ccc(C(F)(F)F)cc2)c1C(=O)O. The van der Waals surface area contributed by atoms with E-state index in [0.717, 1.165) is 12.1 Å². The molecule has 0 heterocycles. The number of aromatic carboxylic acids is 1. The van der Waals surface area contributed by atoms with Crippen molar-refractivity contribution < 1.29 is 23.1 Å². The standard InChI is InChI=1S/C17H16F3NO2/c1-21(2)10-12-4-3-5-14(15(12)16(22)23)11-6-8-13(9-7-11)17(18,19)20/h3-9H,10H2,1-2H3,(H,22,23). The molecular formula is C17H16F3NO2. The van der Waals surface area contributed by atoms with E-state index in [4.69, 9.17) is 0 Å². The lowest BCUT2D eigenvalue weighted by Gasteiger charge is -2.16. The van der Waals surface area contributed by atoms with Gasteiger partial charge >= 0.3 is 12.1 Å². The third kappa shape index (κ3) is 3.90. The molecule has 0 aliphatic heterocycles. The highest BCUT2D eigenvalue weighted by Gasteiger charge is 2.30. The lowest BCUT2D eigenvalue weighted by molar-refractivity contribution is -0.137. The second-order valence-corrected chi connectivity index (χ2v) is 5.46. The maximum atomic E-state index is 12.6. The van der Waals surface area contributed by atoms with Gasteiger partial charge in [0.1, 0.15) is 0 Å². The highest BCUT2D eigenvalue weighted by atomic mass is 19.4. The number of alkyl halides is 3. The van der Waals surface area contributed by atoms with Crippen molar-refractivity contribution in [3.63, 3.8) is 0 Å². The highest BCUT2D eigenvalue weighted by Crippen LogP contribution is 2.32. The van der Waals surface area contributed by atoms with E-state index in [1.807, 2.05) is 19.0 Å². The Morgan fingerprint density at radius 1 is 1.09 bits per heavy atom. The normalized spacial score (nSPS) is 11.7. The van der Waals surface area contributed by atoms with Crippen LogP contribution in [0, 0.1) is 0 Å². The predicted octanol–water partition coefficient (Wildman–Crippen LogP) is 4.13. The van der Waals surface area contributed by atoms with Crippen molar-refractivity contribution in [1.29, 1.82) is 0 Å². The number of rotatable bonds is 4. The minimum absolute atomic E-state index is 0.112. The smallest absolute Gasteiger partial charge is 0.416 e. The molecular weight excluding hydrogens is 307 g/mol. The van der Waals surface area contributed by atoms with E-state index in [2.05, 4.69) is 0 Å². The Hall–Kier alpha value is -2.34. The molecule has 0 aliphatic rings. The van der Waals surface area contributed by atoms with Gasteiger partial charge in [-0.05, 0) is 42.9 Å². The fraction of sp³-hybridized carbons (Fsp3) is 0.235. The molecule has 0 saturated heterocycles. The largest absolute Gasteiger partial charge is 0.478 e. The van der Waals surface area contributed by atoms with Gasteiger partial charge in [0.05, 0.1) is 11.1 Å². The highest BCUT2D eigenvalue weighted by molar-refractivity contribution is 5.97. The van der Waals surface area contributed by atoms with E-state index in [1.165, 1.54) is 12.1 Å². The second kappa shape index (κ2) is 6.42. The Labute approximate surface area is 132 Å². The van der Waals surface area contributed by atoms with Crippen LogP contribution in [0.3, 0.4) is 0 Å². The van der Waals surface area contributed by atoms with Crippen LogP contribution in [0.5, 0.6) is 0 Å². The van der Waals surface area contributed by atoms with Crippen LogP contribution in [-0.4, -0.2) is 30.1 Å². The lowest BCUT2D eigenvalue weighted by Crippen LogP contribution is -2.15. The lowest BCUT2D eigenvalue weighted by atomic mass is 9.94. The van der Waals surface area contributed by atoms with Crippen molar-refractivity contribution in [3.05, 3.63) is 59.2 Å². The molecule has 0 atom stereocenters. The molecule has 0 unspecified atom stereocenters. The van der Waals surface area contributed by atoms with Gasteiger partial charge in [-0.3, -0.25) is 0 Å². The Morgan fingerprint density at radius 3 is 2.17 bits per heavy atom. The summed E-state index contributed by atoms with van der Waals surface area (Å²) in [5.74, 6) is -1.10. The molecule has 2 aromatic rings. The van der Waals surface area contributed by atoms with Crippen molar-refractivity contribution in [2.75, 3.05) is 14.1 Å². The van der Waals surface area contributed by atoms with Crippen molar-refractivity contribution in [3.8, 4) is 11.1 Å².